The molecule has 0 fully saturated rings. The van der Waals surface area contributed by atoms with E-state index in [4.69, 9.17) is 4.42 Å². The molecule has 1 aliphatic rings. The van der Waals surface area contributed by atoms with Crippen molar-refractivity contribution < 1.29 is 4.42 Å². The average Bonchev–Trinajstić information content (AvgIpc) is 3.09. The SMILES string of the molecule is Cc1ccc2c(oc3ncccc32)c1N1c2ccccc2NC1(C)C. The number of benzene rings is 2. The van der Waals surface area contributed by atoms with E-state index in [1.54, 1.807) is 6.20 Å². The van der Waals surface area contributed by atoms with Gasteiger partial charge in [0.2, 0.25) is 5.71 Å². The first kappa shape index (κ1) is 14.3. The van der Waals surface area contributed by atoms with E-state index in [0.29, 0.717) is 5.71 Å². The number of aromatic nitrogens is 1. The van der Waals surface area contributed by atoms with E-state index < -0.39 is 0 Å². The van der Waals surface area contributed by atoms with Crippen LogP contribution >= 0.6 is 0 Å². The second-order valence-corrected chi connectivity index (χ2v) is 7.10. The van der Waals surface area contributed by atoms with E-state index >= 15 is 0 Å². The normalized spacial score (nSPS) is 15.6. The minimum atomic E-state index is -0.255. The highest BCUT2D eigenvalue weighted by atomic mass is 16.3. The molecule has 1 aliphatic heterocycles. The highest BCUT2D eigenvalue weighted by molar-refractivity contribution is 6.10. The van der Waals surface area contributed by atoms with Gasteiger partial charge in [0.25, 0.3) is 0 Å². The van der Waals surface area contributed by atoms with Crippen molar-refractivity contribution in [2.24, 2.45) is 0 Å². The van der Waals surface area contributed by atoms with Gasteiger partial charge >= 0.3 is 0 Å². The highest BCUT2D eigenvalue weighted by Crippen LogP contribution is 2.48. The molecular weight excluding hydrogens is 310 g/mol. The maximum Gasteiger partial charge on any atom is 0.227 e. The van der Waals surface area contributed by atoms with Crippen molar-refractivity contribution in [3.8, 4) is 0 Å². The number of nitrogens with zero attached hydrogens (tertiary/aromatic N) is 2. The number of anilines is 3. The van der Waals surface area contributed by atoms with Gasteiger partial charge in [-0.1, -0.05) is 24.3 Å². The van der Waals surface area contributed by atoms with Gasteiger partial charge in [0.05, 0.1) is 17.1 Å². The summed E-state index contributed by atoms with van der Waals surface area (Å²) in [4.78, 5) is 6.73. The van der Waals surface area contributed by atoms with E-state index in [1.165, 1.54) is 5.56 Å². The topological polar surface area (TPSA) is 41.3 Å². The molecule has 25 heavy (non-hydrogen) atoms. The Balaban J connectivity index is 1.87. The average molecular weight is 329 g/mol. The van der Waals surface area contributed by atoms with Gasteiger partial charge in [-0.2, -0.15) is 0 Å². The molecule has 0 saturated heterocycles. The third kappa shape index (κ3) is 1.91. The Bertz CT molecular complexity index is 1130. The van der Waals surface area contributed by atoms with Crippen LogP contribution in [0.5, 0.6) is 0 Å². The van der Waals surface area contributed by atoms with Crippen LogP contribution in [0.15, 0.2) is 59.1 Å². The molecule has 4 nitrogen and oxygen atoms in total. The third-order valence-corrected chi connectivity index (χ3v) is 4.96. The van der Waals surface area contributed by atoms with E-state index in [2.05, 4.69) is 78.4 Å². The number of fused-ring (bicyclic) bond motifs is 4. The molecule has 0 saturated carbocycles. The Hall–Kier alpha value is -3.01. The standard InChI is InChI=1S/C21H19N3O/c1-13-10-11-14-15-7-6-12-22-20(15)25-19(14)18(13)24-17-9-5-4-8-16(17)23-21(24,2)3/h4-12,23H,1-3H3. The highest BCUT2D eigenvalue weighted by Gasteiger charge is 2.38. The fourth-order valence-electron chi connectivity index (χ4n) is 3.90. The first-order chi connectivity index (χ1) is 12.1. The van der Waals surface area contributed by atoms with Crippen LogP contribution < -0.4 is 10.2 Å². The van der Waals surface area contributed by atoms with Crippen LogP contribution in [0.4, 0.5) is 17.1 Å². The molecular formula is C21H19N3O. The zero-order valence-corrected chi connectivity index (χ0v) is 14.5. The van der Waals surface area contributed by atoms with E-state index in [0.717, 1.165) is 33.4 Å². The predicted octanol–water partition coefficient (Wildman–Crippen LogP) is 5.59. The largest absolute Gasteiger partial charge is 0.435 e. The van der Waals surface area contributed by atoms with E-state index in [-0.39, 0.29) is 5.66 Å². The second-order valence-electron chi connectivity index (χ2n) is 7.10. The zero-order valence-electron chi connectivity index (χ0n) is 14.5. The molecule has 0 aliphatic carbocycles. The quantitative estimate of drug-likeness (QED) is 0.494. The summed E-state index contributed by atoms with van der Waals surface area (Å²) in [5, 5.41) is 5.77. The lowest BCUT2D eigenvalue weighted by Gasteiger charge is -2.34. The molecule has 0 atom stereocenters. The first-order valence-electron chi connectivity index (χ1n) is 8.50. The third-order valence-electron chi connectivity index (χ3n) is 4.96. The fraction of sp³-hybridized carbons (Fsp3) is 0.190. The summed E-state index contributed by atoms with van der Waals surface area (Å²) in [6.07, 6.45) is 1.77. The van der Waals surface area contributed by atoms with E-state index in [1.807, 2.05) is 6.07 Å². The summed E-state index contributed by atoms with van der Waals surface area (Å²) in [6, 6.07) is 16.7. The van der Waals surface area contributed by atoms with Crippen LogP contribution in [-0.4, -0.2) is 10.6 Å². The van der Waals surface area contributed by atoms with Crippen molar-refractivity contribution in [2.45, 2.75) is 26.4 Å². The van der Waals surface area contributed by atoms with Crippen molar-refractivity contribution in [1.82, 2.24) is 4.98 Å². The van der Waals surface area contributed by atoms with Gasteiger partial charge in [-0.3, -0.25) is 0 Å². The maximum absolute atomic E-state index is 6.20. The summed E-state index contributed by atoms with van der Waals surface area (Å²) in [6.45, 7) is 6.50. The summed E-state index contributed by atoms with van der Waals surface area (Å²) in [5.74, 6) is 0. The van der Waals surface area contributed by atoms with Crippen molar-refractivity contribution in [1.29, 1.82) is 0 Å². The monoisotopic (exact) mass is 329 g/mol. The number of rotatable bonds is 1. The van der Waals surface area contributed by atoms with Crippen molar-refractivity contribution in [3.05, 3.63) is 60.3 Å². The minimum Gasteiger partial charge on any atom is -0.435 e. The molecule has 0 spiro atoms. The van der Waals surface area contributed by atoms with Crippen molar-refractivity contribution in [3.63, 3.8) is 0 Å². The number of furan rings is 1. The Morgan fingerprint density at radius 2 is 1.84 bits per heavy atom. The van der Waals surface area contributed by atoms with E-state index in [9.17, 15) is 0 Å². The number of pyridine rings is 1. The number of hydrogen-bond donors (Lipinski definition) is 1. The minimum absolute atomic E-state index is 0.255. The smallest absolute Gasteiger partial charge is 0.227 e. The van der Waals surface area contributed by atoms with Gasteiger partial charge in [-0.25, -0.2) is 4.98 Å². The maximum atomic E-state index is 6.20. The Labute approximate surface area is 146 Å². The van der Waals surface area contributed by atoms with Gasteiger partial charge in [0, 0.05) is 17.0 Å². The Morgan fingerprint density at radius 1 is 1.00 bits per heavy atom. The number of para-hydroxylation sites is 2. The zero-order chi connectivity index (χ0) is 17.2. The van der Waals surface area contributed by atoms with Gasteiger partial charge in [0.1, 0.15) is 5.66 Å². The summed E-state index contributed by atoms with van der Waals surface area (Å²) < 4.78 is 6.20. The summed E-state index contributed by atoms with van der Waals surface area (Å²) >= 11 is 0. The molecule has 124 valence electrons. The van der Waals surface area contributed by atoms with Crippen LogP contribution in [-0.2, 0) is 0 Å². The molecule has 0 radical (unpaired) electrons. The molecule has 4 aromatic rings. The van der Waals surface area contributed by atoms with Crippen molar-refractivity contribution in [2.75, 3.05) is 10.2 Å². The lowest BCUT2D eigenvalue weighted by atomic mass is 10.1. The molecule has 2 aromatic heterocycles. The molecule has 4 heteroatoms. The number of hydrogen-bond acceptors (Lipinski definition) is 4. The van der Waals surface area contributed by atoms with Crippen LogP contribution in [0.25, 0.3) is 22.1 Å². The van der Waals surface area contributed by atoms with Crippen LogP contribution in [0.2, 0.25) is 0 Å². The first-order valence-corrected chi connectivity index (χ1v) is 8.50. The molecule has 0 bridgehead atoms. The lowest BCUT2D eigenvalue weighted by molar-refractivity contribution is 0.592. The Morgan fingerprint density at radius 3 is 2.72 bits per heavy atom. The molecule has 3 heterocycles. The fourth-order valence-corrected chi connectivity index (χ4v) is 3.90. The van der Waals surface area contributed by atoms with Gasteiger partial charge in [0.15, 0.2) is 5.58 Å². The van der Waals surface area contributed by atoms with Gasteiger partial charge < -0.3 is 14.6 Å². The molecule has 5 rings (SSSR count). The van der Waals surface area contributed by atoms with Crippen LogP contribution in [0.1, 0.15) is 19.4 Å². The molecule has 0 unspecified atom stereocenters. The second kappa shape index (κ2) is 4.76. The molecule has 2 aromatic carbocycles. The Kier molecular flexibility index (Phi) is 2.73. The van der Waals surface area contributed by atoms with Crippen LogP contribution in [0.3, 0.4) is 0 Å². The van der Waals surface area contributed by atoms with Gasteiger partial charge in [-0.05, 0) is 50.6 Å². The predicted molar refractivity (Wildman–Crippen MR) is 103 cm³/mol. The van der Waals surface area contributed by atoms with Gasteiger partial charge in [-0.15, -0.1) is 0 Å². The molecule has 1 N–H and O–H groups in total. The molecule has 0 amide bonds. The lowest BCUT2D eigenvalue weighted by Crippen LogP contribution is -2.42. The number of aryl methyl sites for hydroxylation is 1. The summed E-state index contributed by atoms with van der Waals surface area (Å²) in [7, 11) is 0. The number of nitrogens with one attached hydrogen (secondary N) is 1. The summed E-state index contributed by atoms with van der Waals surface area (Å²) in [5.41, 5.74) is 5.89. The van der Waals surface area contributed by atoms with Crippen molar-refractivity contribution >= 4 is 39.1 Å². The van der Waals surface area contributed by atoms with Crippen LogP contribution in [0, 0.1) is 6.92 Å².